The summed E-state index contributed by atoms with van der Waals surface area (Å²) in [5.41, 5.74) is 0. The van der Waals surface area contributed by atoms with Crippen LogP contribution >= 0.6 is 0 Å². The molecule has 0 amide bonds. The Hall–Kier alpha value is -0.200. The second kappa shape index (κ2) is 8.07. The van der Waals surface area contributed by atoms with Crippen LogP contribution in [0.1, 0.15) is 12.8 Å². The average molecular weight is 258 g/mol. The van der Waals surface area contributed by atoms with Gasteiger partial charge in [0.1, 0.15) is 0 Å². The second-order valence-electron chi connectivity index (χ2n) is 5.11. The Morgan fingerprint density at radius 3 is 2.67 bits per heavy atom. The predicted molar refractivity (Wildman–Crippen MR) is 69.8 cm³/mol. The molecule has 2 fully saturated rings. The summed E-state index contributed by atoms with van der Waals surface area (Å²) in [6, 6.07) is 0. The summed E-state index contributed by atoms with van der Waals surface area (Å²) in [6.45, 7) is 8.71. The summed E-state index contributed by atoms with van der Waals surface area (Å²) in [5.74, 6) is 0. The SMILES string of the molecule is OCCN(CCN1CCOCC1)CC1CCCO1. The molecule has 2 rings (SSSR count). The molecule has 0 spiro atoms. The molecular formula is C13H26N2O3. The zero-order chi connectivity index (χ0) is 12.6. The standard InChI is InChI=1S/C13H26N2O3/c16-8-5-15(12-13-2-1-9-18-13)4-3-14-6-10-17-11-7-14/h13,16H,1-12H2. The minimum atomic E-state index is 0.232. The first kappa shape index (κ1) is 14.2. The molecule has 2 heterocycles. The Bertz CT molecular complexity index is 216. The van der Waals surface area contributed by atoms with Crippen molar-refractivity contribution in [2.45, 2.75) is 18.9 Å². The highest BCUT2D eigenvalue weighted by Gasteiger charge is 2.19. The van der Waals surface area contributed by atoms with Crippen LogP contribution in [0, 0.1) is 0 Å². The van der Waals surface area contributed by atoms with Gasteiger partial charge in [0, 0.05) is 45.9 Å². The molecule has 0 saturated carbocycles. The maximum absolute atomic E-state index is 9.13. The largest absolute Gasteiger partial charge is 0.395 e. The monoisotopic (exact) mass is 258 g/mol. The van der Waals surface area contributed by atoms with E-state index in [2.05, 4.69) is 9.80 Å². The van der Waals surface area contributed by atoms with Crippen LogP contribution < -0.4 is 0 Å². The van der Waals surface area contributed by atoms with Gasteiger partial charge in [0.15, 0.2) is 0 Å². The molecule has 5 nitrogen and oxygen atoms in total. The zero-order valence-electron chi connectivity index (χ0n) is 11.2. The van der Waals surface area contributed by atoms with E-state index in [-0.39, 0.29) is 6.61 Å². The van der Waals surface area contributed by atoms with E-state index in [9.17, 15) is 0 Å². The van der Waals surface area contributed by atoms with Gasteiger partial charge in [-0.15, -0.1) is 0 Å². The molecule has 1 N–H and O–H groups in total. The van der Waals surface area contributed by atoms with E-state index in [1.165, 1.54) is 12.8 Å². The lowest BCUT2D eigenvalue weighted by atomic mass is 10.2. The van der Waals surface area contributed by atoms with Gasteiger partial charge in [-0.2, -0.15) is 0 Å². The van der Waals surface area contributed by atoms with Crippen LogP contribution in [0.15, 0.2) is 0 Å². The van der Waals surface area contributed by atoms with Crippen molar-refractivity contribution in [2.75, 3.05) is 65.7 Å². The molecule has 0 bridgehead atoms. The van der Waals surface area contributed by atoms with Gasteiger partial charge in [-0.3, -0.25) is 9.80 Å². The van der Waals surface area contributed by atoms with Gasteiger partial charge in [0.05, 0.1) is 25.9 Å². The number of rotatable bonds is 7. The van der Waals surface area contributed by atoms with Crippen LogP contribution in [0.5, 0.6) is 0 Å². The molecule has 2 aliphatic heterocycles. The van der Waals surface area contributed by atoms with E-state index >= 15 is 0 Å². The summed E-state index contributed by atoms with van der Waals surface area (Å²) in [4.78, 5) is 4.76. The highest BCUT2D eigenvalue weighted by Crippen LogP contribution is 2.13. The van der Waals surface area contributed by atoms with Gasteiger partial charge in [-0.1, -0.05) is 0 Å². The van der Waals surface area contributed by atoms with Crippen molar-refractivity contribution >= 4 is 0 Å². The lowest BCUT2D eigenvalue weighted by Crippen LogP contribution is -2.43. The normalized spacial score (nSPS) is 26.0. The first-order valence-electron chi connectivity index (χ1n) is 7.13. The van der Waals surface area contributed by atoms with E-state index < -0.39 is 0 Å². The smallest absolute Gasteiger partial charge is 0.0702 e. The first-order chi connectivity index (χ1) is 8.88. The summed E-state index contributed by atoms with van der Waals surface area (Å²) in [7, 11) is 0. The Balaban J connectivity index is 1.67. The molecular weight excluding hydrogens is 232 g/mol. The van der Waals surface area contributed by atoms with Crippen LogP contribution in [-0.2, 0) is 9.47 Å². The maximum atomic E-state index is 9.13. The van der Waals surface area contributed by atoms with Gasteiger partial charge in [0.25, 0.3) is 0 Å². The predicted octanol–water partition coefficient (Wildman–Crippen LogP) is -0.208. The van der Waals surface area contributed by atoms with Crippen LogP contribution in [0.3, 0.4) is 0 Å². The average Bonchev–Trinajstić information content (AvgIpc) is 2.90. The van der Waals surface area contributed by atoms with Crippen molar-refractivity contribution < 1.29 is 14.6 Å². The van der Waals surface area contributed by atoms with Crippen LogP contribution in [0.2, 0.25) is 0 Å². The molecule has 0 aromatic heterocycles. The molecule has 0 aromatic rings. The van der Waals surface area contributed by atoms with Gasteiger partial charge in [-0.05, 0) is 12.8 Å². The molecule has 1 unspecified atom stereocenters. The number of hydrogen-bond donors (Lipinski definition) is 1. The van der Waals surface area contributed by atoms with Crippen molar-refractivity contribution in [3.05, 3.63) is 0 Å². The summed E-state index contributed by atoms with van der Waals surface area (Å²) in [5, 5.41) is 9.13. The topological polar surface area (TPSA) is 45.2 Å². The molecule has 0 radical (unpaired) electrons. The fourth-order valence-electron chi connectivity index (χ4n) is 2.62. The first-order valence-corrected chi connectivity index (χ1v) is 7.13. The molecule has 5 heteroatoms. The zero-order valence-corrected chi connectivity index (χ0v) is 11.2. The van der Waals surface area contributed by atoms with E-state index in [0.29, 0.717) is 6.10 Å². The van der Waals surface area contributed by atoms with E-state index in [1.54, 1.807) is 0 Å². The molecule has 1 atom stereocenters. The third kappa shape index (κ3) is 4.82. The highest BCUT2D eigenvalue weighted by molar-refractivity contribution is 4.72. The lowest BCUT2D eigenvalue weighted by Gasteiger charge is -2.30. The molecule has 2 saturated heterocycles. The summed E-state index contributed by atoms with van der Waals surface area (Å²) < 4.78 is 11.0. The number of hydrogen-bond acceptors (Lipinski definition) is 5. The Morgan fingerprint density at radius 2 is 2.00 bits per heavy atom. The summed E-state index contributed by atoms with van der Waals surface area (Å²) >= 11 is 0. The highest BCUT2D eigenvalue weighted by atomic mass is 16.5. The quantitative estimate of drug-likeness (QED) is 0.685. The van der Waals surface area contributed by atoms with Crippen LogP contribution in [-0.4, -0.2) is 86.7 Å². The second-order valence-corrected chi connectivity index (χ2v) is 5.11. The Morgan fingerprint density at radius 1 is 1.17 bits per heavy atom. The van der Waals surface area contributed by atoms with Gasteiger partial charge >= 0.3 is 0 Å². The van der Waals surface area contributed by atoms with Gasteiger partial charge in [0.2, 0.25) is 0 Å². The Kier molecular flexibility index (Phi) is 6.37. The van der Waals surface area contributed by atoms with E-state index in [1.807, 2.05) is 0 Å². The van der Waals surface area contributed by atoms with Crippen molar-refractivity contribution in [3.63, 3.8) is 0 Å². The Labute approximate surface area is 110 Å². The fourth-order valence-corrected chi connectivity index (χ4v) is 2.62. The fraction of sp³-hybridized carbons (Fsp3) is 1.00. The van der Waals surface area contributed by atoms with Crippen LogP contribution in [0.25, 0.3) is 0 Å². The summed E-state index contributed by atoms with van der Waals surface area (Å²) in [6.07, 6.45) is 2.72. The molecule has 2 aliphatic rings. The van der Waals surface area contributed by atoms with Gasteiger partial charge < -0.3 is 14.6 Å². The van der Waals surface area contributed by atoms with E-state index in [0.717, 1.165) is 59.1 Å². The maximum Gasteiger partial charge on any atom is 0.0702 e. The minimum absolute atomic E-state index is 0.232. The molecule has 18 heavy (non-hydrogen) atoms. The van der Waals surface area contributed by atoms with E-state index in [4.69, 9.17) is 14.6 Å². The van der Waals surface area contributed by atoms with Crippen LogP contribution in [0.4, 0.5) is 0 Å². The number of morpholine rings is 1. The lowest BCUT2D eigenvalue weighted by molar-refractivity contribution is 0.0256. The third-order valence-electron chi connectivity index (χ3n) is 3.74. The number of aliphatic hydroxyl groups is 1. The number of nitrogens with zero attached hydrogens (tertiary/aromatic N) is 2. The number of ether oxygens (including phenoxy) is 2. The van der Waals surface area contributed by atoms with Crippen molar-refractivity contribution in [1.29, 1.82) is 0 Å². The van der Waals surface area contributed by atoms with Crippen molar-refractivity contribution in [3.8, 4) is 0 Å². The third-order valence-corrected chi connectivity index (χ3v) is 3.74. The molecule has 106 valence electrons. The molecule has 0 aliphatic carbocycles. The van der Waals surface area contributed by atoms with Crippen molar-refractivity contribution in [1.82, 2.24) is 9.80 Å². The minimum Gasteiger partial charge on any atom is -0.395 e. The van der Waals surface area contributed by atoms with Crippen molar-refractivity contribution in [2.24, 2.45) is 0 Å². The van der Waals surface area contributed by atoms with Gasteiger partial charge in [-0.25, -0.2) is 0 Å². The molecule has 0 aromatic carbocycles. The number of aliphatic hydroxyl groups excluding tert-OH is 1.